The SMILES string of the molecule is CC1(C)CN(C(=O)c2sc(N3CCCC3)nc2N)CCO1. The molecule has 2 aliphatic rings. The number of rotatable bonds is 2. The smallest absolute Gasteiger partial charge is 0.268 e. The first-order valence-electron chi connectivity index (χ1n) is 7.41. The number of hydrogen-bond acceptors (Lipinski definition) is 6. The number of carbonyl (C=O) groups is 1. The molecule has 6 nitrogen and oxygen atoms in total. The normalized spacial score (nSPS) is 21.8. The van der Waals surface area contributed by atoms with Crippen LogP contribution in [-0.4, -0.2) is 54.2 Å². The Hall–Kier alpha value is -1.34. The number of aromatic nitrogens is 1. The van der Waals surface area contributed by atoms with E-state index in [1.165, 1.54) is 24.2 Å². The van der Waals surface area contributed by atoms with Gasteiger partial charge in [-0.3, -0.25) is 4.79 Å². The van der Waals surface area contributed by atoms with Crippen LogP contribution in [0.4, 0.5) is 10.9 Å². The van der Waals surface area contributed by atoms with Gasteiger partial charge in [0.05, 0.1) is 12.2 Å². The molecule has 3 heterocycles. The number of thiazole rings is 1. The molecule has 2 N–H and O–H groups in total. The van der Waals surface area contributed by atoms with E-state index in [2.05, 4.69) is 9.88 Å². The number of nitrogen functional groups attached to an aromatic ring is 1. The summed E-state index contributed by atoms with van der Waals surface area (Å²) < 4.78 is 5.65. The van der Waals surface area contributed by atoms with Crippen molar-refractivity contribution in [1.82, 2.24) is 9.88 Å². The molecule has 0 aliphatic carbocycles. The largest absolute Gasteiger partial charge is 0.382 e. The maximum Gasteiger partial charge on any atom is 0.268 e. The molecule has 0 unspecified atom stereocenters. The Kier molecular flexibility index (Phi) is 3.79. The van der Waals surface area contributed by atoms with Crippen molar-refractivity contribution in [3.63, 3.8) is 0 Å². The summed E-state index contributed by atoms with van der Waals surface area (Å²) in [6.45, 7) is 7.77. The molecule has 2 aliphatic heterocycles. The Labute approximate surface area is 128 Å². The Morgan fingerprint density at radius 1 is 1.33 bits per heavy atom. The second-order valence-corrected chi connectivity index (χ2v) is 7.22. The van der Waals surface area contributed by atoms with Crippen molar-refractivity contribution in [3.05, 3.63) is 4.88 Å². The standard InChI is InChI=1S/C14H22N4O2S/c1-14(2)9-18(7-8-20-14)12(19)10-11(15)16-13(21-10)17-5-3-4-6-17/h3-9,15H2,1-2H3. The van der Waals surface area contributed by atoms with Crippen molar-refractivity contribution in [3.8, 4) is 0 Å². The number of carbonyl (C=O) groups excluding carboxylic acids is 1. The lowest BCUT2D eigenvalue weighted by atomic mass is 10.1. The highest BCUT2D eigenvalue weighted by molar-refractivity contribution is 7.18. The highest BCUT2D eigenvalue weighted by Gasteiger charge is 2.32. The van der Waals surface area contributed by atoms with E-state index < -0.39 is 0 Å². The van der Waals surface area contributed by atoms with Crippen LogP contribution >= 0.6 is 11.3 Å². The van der Waals surface area contributed by atoms with Crippen LogP contribution in [0.15, 0.2) is 0 Å². The second-order valence-electron chi connectivity index (χ2n) is 6.24. The lowest BCUT2D eigenvalue weighted by Gasteiger charge is -2.37. The summed E-state index contributed by atoms with van der Waals surface area (Å²) >= 11 is 1.42. The van der Waals surface area contributed by atoms with Crippen LogP contribution in [0, 0.1) is 0 Å². The predicted octanol–water partition coefficient (Wildman–Crippen LogP) is 1.58. The predicted molar refractivity (Wildman–Crippen MR) is 83.9 cm³/mol. The molecule has 0 bridgehead atoms. The topological polar surface area (TPSA) is 71.7 Å². The Morgan fingerprint density at radius 2 is 2.05 bits per heavy atom. The van der Waals surface area contributed by atoms with Gasteiger partial charge in [0.15, 0.2) is 5.13 Å². The number of morpholine rings is 1. The number of hydrogen-bond donors (Lipinski definition) is 1. The molecule has 3 rings (SSSR count). The minimum Gasteiger partial charge on any atom is -0.382 e. The van der Waals surface area contributed by atoms with Crippen molar-refractivity contribution in [2.75, 3.05) is 43.4 Å². The van der Waals surface area contributed by atoms with Gasteiger partial charge < -0.3 is 20.3 Å². The van der Waals surface area contributed by atoms with E-state index in [9.17, 15) is 4.79 Å². The number of nitrogens with two attached hydrogens (primary N) is 1. The molecule has 0 radical (unpaired) electrons. The van der Waals surface area contributed by atoms with Crippen molar-refractivity contribution in [1.29, 1.82) is 0 Å². The van der Waals surface area contributed by atoms with Gasteiger partial charge in [0.2, 0.25) is 0 Å². The van der Waals surface area contributed by atoms with Crippen LogP contribution in [0.1, 0.15) is 36.4 Å². The van der Waals surface area contributed by atoms with Crippen LogP contribution in [0.25, 0.3) is 0 Å². The Balaban J connectivity index is 1.78. The Bertz CT molecular complexity index is 537. The van der Waals surface area contributed by atoms with E-state index in [1.807, 2.05) is 18.7 Å². The summed E-state index contributed by atoms with van der Waals surface area (Å²) in [4.78, 5) is 21.7. The summed E-state index contributed by atoms with van der Waals surface area (Å²) in [5, 5.41) is 0.876. The molecule has 1 aromatic rings. The summed E-state index contributed by atoms with van der Waals surface area (Å²) in [7, 11) is 0. The third kappa shape index (κ3) is 2.98. The number of ether oxygens (including phenoxy) is 1. The lowest BCUT2D eigenvalue weighted by Crippen LogP contribution is -2.50. The van der Waals surface area contributed by atoms with E-state index in [4.69, 9.17) is 10.5 Å². The zero-order valence-corrected chi connectivity index (χ0v) is 13.4. The Morgan fingerprint density at radius 3 is 2.71 bits per heavy atom. The average molecular weight is 310 g/mol. The highest BCUT2D eigenvalue weighted by atomic mass is 32.1. The van der Waals surface area contributed by atoms with Gasteiger partial charge in [-0.25, -0.2) is 4.98 Å². The van der Waals surface area contributed by atoms with Gasteiger partial charge in [-0.1, -0.05) is 11.3 Å². The van der Waals surface area contributed by atoms with Crippen LogP contribution in [0.3, 0.4) is 0 Å². The fourth-order valence-electron chi connectivity index (χ4n) is 2.85. The molecule has 0 atom stereocenters. The summed E-state index contributed by atoms with van der Waals surface area (Å²) in [6, 6.07) is 0. The first-order valence-corrected chi connectivity index (χ1v) is 8.22. The van der Waals surface area contributed by atoms with Crippen molar-refractivity contribution in [2.24, 2.45) is 0 Å². The highest BCUT2D eigenvalue weighted by Crippen LogP contribution is 2.32. The summed E-state index contributed by atoms with van der Waals surface area (Å²) in [6.07, 6.45) is 2.36. The minimum absolute atomic E-state index is 0.0215. The quantitative estimate of drug-likeness (QED) is 0.898. The first kappa shape index (κ1) is 14.6. The van der Waals surface area contributed by atoms with Gasteiger partial charge in [-0.2, -0.15) is 0 Å². The summed E-state index contributed by atoms with van der Waals surface area (Å²) in [5.74, 6) is 0.336. The van der Waals surface area contributed by atoms with Crippen molar-refractivity contribution < 1.29 is 9.53 Å². The second kappa shape index (κ2) is 5.46. The van der Waals surface area contributed by atoms with Gasteiger partial charge >= 0.3 is 0 Å². The summed E-state index contributed by atoms with van der Waals surface area (Å²) in [5.41, 5.74) is 5.68. The monoisotopic (exact) mass is 310 g/mol. The fourth-order valence-corrected chi connectivity index (χ4v) is 3.86. The van der Waals surface area contributed by atoms with Gasteiger partial charge in [0.1, 0.15) is 10.7 Å². The molecule has 0 saturated carbocycles. The molecule has 1 aromatic heterocycles. The van der Waals surface area contributed by atoms with Gasteiger partial charge in [-0.05, 0) is 26.7 Å². The molecular weight excluding hydrogens is 288 g/mol. The molecule has 7 heteroatoms. The van der Waals surface area contributed by atoms with E-state index in [0.717, 1.165) is 18.2 Å². The molecule has 0 spiro atoms. The maximum atomic E-state index is 12.7. The molecule has 2 saturated heterocycles. The van der Waals surface area contributed by atoms with Crippen molar-refractivity contribution in [2.45, 2.75) is 32.3 Å². The average Bonchev–Trinajstić information content (AvgIpc) is 3.05. The van der Waals surface area contributed by atoms with Crippen LogP contribution in [0.5, 0.6) is 0 Å². The molecule has 21 heavy (non-hydrogen) atoms. The zero-order chi connectivity index (χ0) is 15.0. The maximum absolute atomic E-state index is 12.7. The molecule has 116 valence electrons. The van der Waals surface area contributed by atoms with Crippen LogP contribution in [-0.2, 0) is 4.74 Å². The van der Waals surface area contributed by atoms with Gasteiger partial charge in [0.25, 0.3) is 5.91 Å². The molecule has 1 amide bonds. The fraction of sp³-hybridized carbons (Fsp3) is 0.714. The first-order chi connectivity index (χ1) is 9.96. The van der Waals surface area contributed by atoms with Crippen LogP contribution < -0.4 is 10.6 Å². The van der Waals surface area contributed by atoms with Crippen LogP contribution in [0.2, 0.25) is 0 Å². The van der Waals surface area contributed by atoms with E-state index in [0.29, 0.717) is 30.4 Å². The van der Waals surface area contributed by atoms with E-state index >= 15 is 0 Å². The third-order valence-corrected chi connectivity index (χ3v) is 5.05. The third-order valence-electron chi connectivity index (χ3n) is 3.93. The van der Waals surface area contributed by atoms with E-state index in [-0.39, 0.29) is 11.5 Å². The number of anilines is 2. The van der Waals surface area contributed by atoms with Gasteiger partial charge in [-0.15, -0.1) is 0 Å². The molecular formula is C14H22N4O2S. The number of nitrogens with zero attached hydrogens (tertiary/aromatic N) is 3. The molecule has 0 aromatic carbocycles. The molecule has 2 fully saturated rings. The minimum atomic E-state index is -0.300. The van der Waals surface area contributed by atoms with Gasteiger partial charge in [0, 0.05) is 26.2 Å². The van der Waals surface area contributed by atoms with Crippen molar-refractivity contribution >= 4 is 28.2 Å². The van der Waals surface area contributed by atoms with E-state index in [1.54, 1.807) is 0 Å². The lowest BCUT2D eigenvalue weighted by molar-refractivity contribution is -0.0762. The number of amides is 1. The zero-order valence-electron chi connectivity index (χ0n) is 12.6.